The molecule has 21 heavy (non-hydrogen) atoms. The number of Topliss-reactive ketones (excluding diaryl/α,β-unsaturated/α-hetero) is 1. The van der Waals surface area contributed by atoms with Crippen molar-refractivity contribution in [2.24, 2.45) is 0 Å². The van der Waals surface area contributed by atoms with Gasteiger partial charge in [-0.3, -0.25) is 4.79 Å². The molecule has 1 rings (SSSR count). The van der Waals surface area contributed by atoms with Gasteiger partial charge in [0.1, 0.15) is 0 Å². The number of carbonyl (C=O) groups is 1. The second kappa shape index (κ2) is 11.8. The minimum Gasteiger partial charge on any atom is -0.293 e. The lowest BCUT2D eigenvalue weighted by atomic mass is 10.0. The lowest BCUT2D eigenvalue weighted by Crippen LogP contribution is -1.95. The van der Waals surface area contributed by atoms with Crippen LogP contribution < -0.4 is 0 Å². The van der Waals surface area contributed by atoms with Gasteiger partial charge in [0.05, 0.1) is 8.66 Å². The molecule has 1 heterocycles. The molecule has 4 heteroatoms. The SMILES string of the molecule is CCCCCCCCCCCCC(=O)c1cc(Br)c(Br)s1. The molecule has 0 spiro atoms. The van der Waals surface area contributed by atoms with Crippen LogP contribution in [0.3, 0.4) is 0 Å². The summed E-state index contributed by atoms with van der Waals surface area (Å²) in [5.41, 5.74) is 0. The number of unbranched alkanes of at least 4 members (excludes halogenated alkanes) is 9. The zero-order chi connectivity index (χ0) is 15.5. The van der Waals surface area contributed by atoms with Gasteiger partial charge in [0.25, 0.3) is 0 Å². The maximum absolute atomic E-state index is 12.0. The highest BCUT2D eigenvalue weighted by Gasteiger charge is 2.11. The van der Waals surface area contributed by atoms with Gasteiger partial charge in [-0.05, 0) is 44.3 Å². The van der Waals surface area contributed by atoms with Gasteiger partial charge < -0.3 is 0 Å². The van der Waals surface area contributed by atoms with E-state index in [-0.39, 0.29) is 5.78 Å². The molecule has 0 N–H and O–H groups in total. The Morgan fingerprint density at radius 1 is 0.952 bits per heavy atom. The summed E-state index contributed by atoms with van der Waals surface area (Å²) in [4.78, 5) is 12.9. The first-order valence-corrected chi connectivity index (χ1v) is 10.5. The van der Waals surface area contributed by atoms with Gasteiger partial charge in [0.15, 0.2) is 5.78 Å². The topological polar surface area (TPSA) is 17.1 Å². The van der Waals surface area contributed by atoms with Crippen molar-refractivity contribution in [1.29, 1.82) is 0 Å². The van der Waals surface area contributed by atoms with Gasteiger partial charge in [-0.25, -0.2) is 0 Å². The molecule has 0 unspecified atom stereocenters. The van der Waals surface area contributed by atoms with Crippen LogP contribution in [-0.2, 0) is 0 Å². The molecule has 0 aromatic carbocycles. The molecule has 0 saturated heterocycles. The standard InChI is InChI=1S/C17H26Br2OS/c1-2-3-4-5-6-7-8-9-10-11-12-15(20)16-13-14(18)17(19)21-16/h13H,2-12H2,1H3. The third kappa shape index (κ3) is 8.51. The largest absolute Gasteiger partial charge is 0.293 e. The molecule has 0 aliphatic heterocycles. The summed E-state index contributed by atoms with van der Waals surface area (Å²) >= 11 is 8.39. The highest BCUT2D eigenvalue weighted by Crippen LogP contribution is 2.33. The lowest BCUT2D eigenvalue weighted by Gasteiger charge is -2.02. The Bertz CT molecular complexity index is 395. The normalized spacial score (nSPS) is 11.0. The second-order valence-corrected chi connectivity index (χ2v) is 8.81. The van der Waals surface area contributed by atoms with Gasteiger partial charge in [-0.15, -0.1) is 11.3 Å². The van der Waals surface area contributed by atoms with Crippen LogP contribution in [-0.4, -0.2) is 5.78 Å². The van der Waals surface area contributed by atoms with Gasteiger partial charge in [-0.2, -0.15) is 0 Å². The highest BCUT2D eigenvalue weighted by molar-refractivity contribution is 9.13. The van der Waals surface area contributed by atoms with Crippen molar-refractivity contribution in [1.82, 2.24) is 0 Å². The first-order chi connectivity index (χ1) is 10.1. The number of halogens is 2. The van der Waals surface area contributed by atoms with Crippen LogP contribution in [0.15, 0.2) is 14.3 Å². The van der Waals surface area contributed by atoms with E-state index in [0.717, 1.165) is 19.6 Å². The summed E-state index contributed by atoms with van der Waals surface area (Å²) in [6.07, 6.45) is 13.8. The van der Waals surface area contributed by atoms with E-state index in [4.69, 9.17) is 0 Å². The molecule has 1 aromatic heterocycles. The molecule has 1 nitrogen and oxygen atoms in total. The number of ketones is 1. The fourth-order valence-corrected chi connectivity index (χ4v) is 4.38. The van der Waals surface area contributed by atoms with Crippen molar-refractivity contribution >= 4 is 49.0 Å². The summed E-state index contributed by atoms with van der Waals surface area (Å²) < 4.78 is 1.99. The van der Waals surface area contributed by atoms with Gasteiger partial charge in [-0.1, -0.05) is 64.7 Å². The number of rotatable bonds is 12. The van der Waals surface area contributed by atoms with Crippen molar-refractivity contribution in [2.45, 2.75) is 77.6 Å². The van der Waals surface area contributed by atoms with Crippen molar-refractivity contribution in [2.75, 3.05) is 0 Å². The summed E-state index contributed by atoms with van der Waals surface area (Å²) in [5, 5.41) is 0. The molecule has 0 fully saturated rings. The minimum absolute atomic E-state index is 0.283. The molecule has 0 bridgehead atoms. The van der Waals surface area contributed by atoms with E-state index in [1.807, 2.05) is 6.07 Å². The summed E-state index contributed by atoms with van der Waals surface area (Å²) in [6.45, 7) is 2.26. The Balaban J connectivity index is 1.98. The summed E-state index contributed by atoms with van der Waals surface area (Å²) in [7, 11) is 0. The molecule has 0 amide bonds. The Hall–Kier alpha value is 0.330. The van der Waals surface area contributed by atoms with Crippen molar-refractivity contribution in [3.05, 3.63) is 19.2 Å². The predicted molar refractivity (Wildman–Crippen MR) is 101 cm³/mol. The van der Waals surface area contributed by atoms with Crippen molar-refractivity contribution in [3.8, 4) is 0 Å². The number of carbonyl (C=O) groups excluding carboxylic acids is 1. The van der Waals surface area contributed by atoms with Gasteiger partial charge >= 0.3 is 0 Å². The Morgan fingerprint density at radius 2 is 1.48 bits per heavy atom. The third-order valence-corrected chi connectivity index (χ3v) is 6.97. The molecule has 0 atom stereocenters. The number of hydrogen-bond acceptors (Lipinski definition) is 2. The number of thiophene rings is 1. The smallest absolute Gasteiger partial charge is 0.172 e. The molecule has 1 aromatic rings. The Morgan fingerprint density at radius 3 is 1.95 bits per heavy atom. The van der Waals surface area contributed by atoms with Crippen molar-refractivity contribution in [3.63, 3.8) is 0 Å². The van der Waals surface area contributed by atoms with E-state index in [0.29, 0.717) is 6.42 Å². The minimum atomic E-state index is 0.283. The van der Waals surface area contributed by atoms with Crippen LogP contribution in [0.2, 0.25) is 0 Å². The van der Waals surface area contributed by atoms with Crippen LogP contribution in [0.5, 0.6) is 0 Å². The maximum atomic E-state index is 12.0. The Kier molecular flexibility index (Phi) is 10.9. The zero-order valence-electron chi connectivity index (χ0n) is 12.9. The van der Waals surface area contributed by atoms with E-state index in [9.17, 15) is 4.79 Å². The van der Waals surface area contributed by atoms with E-state index < -0.39 is 0 Å². The monoisotopic (exact) mass is 436 g/mol. The summed E-state index contributed by atoms with van der Waals surface area (Å²) in [5.74, 6) is 0.283. The first kappa shape index (κ1) is 19.4. The fraction of sp³-hybridized carbons (Fsp3) is 0.706. The van der Waals surface area contributed by atoms with Crippen molar-refractivity contribution < 1.29 is 4.79 Å². The quantitative estimate of drug-likeness (QED) is 0.241. The highest BCUT2D eigenvalue weighted by atomic mass is 79.9. The molecule has 0 aliphatic rings. The van der Waals surface area contributed by atoms with E-state index in [1.54, 1.807) is 0 Å². The third-order valence-electron chi connectivity index (χ3n) is 3.68. The first-order valence-electron chi connectivity index (χ1n) is 8.13. The van der Waals surface area contributed by atoms with Crippen LogP contribution >= 0.6 is 43.2 Å². The zero-order valence-corrected chi connectivity index (χ0v) is 16.9. The van der Waals surface area contributed by atoms with Crippen LogP contribution in [0.25, 0.3) is 0 Å². The lowest BCUT2D eigenvalue weighted by molar-refractivity contribution is 0.0983. The fourth-order valence-electron chi connectivity index (χ4n) is 2.38. The average molecular weight is 438 g/mol. The van der Waals surface area contributed by atoms with Crippen LogP contribution in [0.1, 0.15) is 87.2 Å². The van der Waals surface area contributed by atoms with Gasteiger partial charge in [0.2, 0.25) is 0 Å². The van der Waals surface area contributed by atoms with Gasteiger partial charge in [0, 0.05) is 10.9 Å². The predicted octanol–water partition coefficient (Wildman–Crippen LogP) is 7.77. The Labute approximate surface area is 150 Å². The maximum Gasteiger partial charge on any atom is 0.172 e. The summed E-state index contributed by atoms with van der Waals surface area (Å²) in [6, 6.07) is 1.92. The molecule has 120 valence electrons. The van der Waals surface area contributed by atoms with E-state index in [2.05, 4.69) is 38.8 Å². The van der Waals surface area contributed by atoms with Crippen LogP contribution in [0, 0.1) is 0 Å². The van der Waals surface area contributed by atoms with Crippen LogP contribution in [0.4, 0.5) is 0 Å². The molecule has 0 saturated carbocycles. The molecule has 0 radical (unpaired) electrons. The van der Waals surface area contributed by atoms with E-state index >= 15 is 0 Å². The molecule has 0 aliphatic carbocycles. The molecular weight excluding hydrogens is 412 g/mol. The average Bonchev–Trinajstić information content (AvgIpc) is 2.80. The molecular formula is C17H26Br2OS. The van der Waals surface area contributed by atoms with E-state index in [1.165, 1.54) is 69.1 Å². The second-order valence-electron chi connectivity index (χ2n) is 5.59. The number of hydrogen-bond donors (Lipinski definition) is 0.